The fourth-order valence-electron chi connectivity index (χ4n) is 1.20. The van der Waals surface area contributed by atoms with E-state index in [0.717, 1.165) is 23.2 Å². The first kappa shape index (κ1) is 7.91. The molecular formula is C9H9N3O. The Kier molecular flexibility index (Phi) is 1.81. The summed E-state index contributed by atoms with van der Waals surface area (Å²) in [5.41, 5.74) is 2.59. The predicted octanol–water partition coefficient (Wildman–Crippen LogP) is 0.779. The summed E-state index contributed by atoms with van der Waals surface area (Å²) in [5, 5.41) is 4.19. The van der Waals surface area contributed by atoms with E-state index in [1.54, 1.807) is 10.7 Å². The fourth-order valence-corrected chi connectivity index (χ4v) is 1.20. The summed E-state index contributed by atoms with van der Waals surface area (Å²) in [6, 6.07) is 1.81. The van der Waals surface area contributed by atoms with Gasteiger partial charge in [-0.3, -0.25) is 0 Å². The van der Waals surface area contributed by atoms with Crippen LogP contribution in [0.5, 0.6) is 0 Å². The van der Waals surface area contributed by atoms with Gasteiger partial charge >= 0.3 is 0 Å². The number of carbonyl (C=O) groups is 1. The van der Waals surface area contributed by atoms with Crippen molar-refractivity contribution in [2.45, 2.75) is 13.3 Å². The quantitative estimate of drug-likeness (QED) is 0.633. The van der Waals surface area contributed by atoms with Crippen molar-refractivity contribution in [3.63, 3.8) is 0 Å². The minimum absolute atomic E-state index is 0.350. The molecule has 0 spiro atoms. The molecule has 0 saturated heterocycles. The van der Waals surface area contributed by atoms with Gasteiger partial charge in [0.05, 0.1) is 5.69 Å². The molecule has 0 saturated carbocycles. The summed E-state index contributed by atoms with van der Waals surface area (Å²) in [4.78, 5) is 14.4. The van der Waals surface area contributed by atoms with Gasteiger partial charge < -0.3 is 4.79 Å². The van der Waals surface area contributed by atoms with Crippen LogP contribution in [0.1, 0.15) is 11.3 Å². The summed E-state index contributed by atoms with van der Waals surface area (Å²) >= 11 is 0. The van der Waals surface area contributed by atoms with Gasteiger partial charge in [-0.25, -0.2) is 9.50 Å². The lowest BCUT2D eigenvalue weighted by Crippen LogP contribution is -1.91. The average molecular weight is 175 g/mol. The third kappa shape index (κ3) is 1.42. The molecule has 0 bridgehead atoms. The summed E-state index contributed by atoms with van der Waals surface area (Å²) in [7, 11) is 0. The van der Waals surface area contributed by atoms with Gasteiger partial charge in [0.25, 0.3) is 0 Å². The van der Waals surface area contributed by atoms with Crippen LogP contribution < -0.4 is 0 Å². The summed E-state index contributed by atoms with van der Waals surface area (Å²) < 4.78 is 1.69. The van der Waals surface area contributed by atoms with Crippen LogP contribution >= 0.6 is 0 Å². The lowest BCUT2D eigenvalue weighted by Gasteiger charge is -1.92. The molecule has 2 heterocycles. The monoisotopic (exact) mass is 175 g/mol. The minimum Gasteiger partial charge on any atom is -0.303 e. The lowest BCUT2D eigenvalue weighted by atomic mass is 10.3. The molecular weight excluding hydrogens is 166 g/mol. The SMILES string of the molecule is Cc1cnc2cc(CC=O)nn2c1. The number of hydrogen-bond donors (Lipinski definition) is 0. The molecule has 13 heavy (non-hydrogen) atoms. The van der Waals surface area contributed by atoms with Crippen molar-refractivity contribution in [1.29, 1.82) is 0 Å². The Labute approximate surface area is 75.2 Å². The standard InChI is InChI=1S/C9H9N3O/c1-7-5-10-9-4-8(2-3-13)11-12(9)6-7/h3-6H,2H2,1H3. The van der Waals surface area contributed by atoms with Crippen molar-refractivity contribution in [2.24, 2.45) is 0 Å². The Hall–Kier alpha value is -1.71. The second-order valence-corrected chi connectivity index (χ2v) is 2.94. The number of aldehydes is 1. The molecule has 0 aliphatic heterocycles. The van der Waals surface area contributed by atoms with Crippen LogP contribution in [0.2, 0.25) is 0 Å². The molecule has 0 aliphatic carbocycles. The Balaban J connectivity index is 2.55. The van der Waals surface area contributed by atoms with E-state index < -0.39 is 0 Å². The van der Waals surface area contributed by atoms with E-state index in [1.807, 2.05) is 19.2 Å². The predicted molar refractivity (Wildman–Crippen MR) is 47.5 cm³/mol. The van der Waals surface area contributed by atoms with Gasteiger partial charge in [0, 0.05) is 24.9 Å². The highest BCUT2D eigenvalue weighted by Gasteiger charge is 2.00. The molecule has 0 aliphatic rings. The van der Waals surface area contributed by atoms with Gasteiger partial charge in [0.1, 0.15) is 6.29 Å². The molecule has 2 rings (SSSR count). The molecule has 66 valence electrons. The van der Waals surface area contributed by atoms with E-state index in [2.05, 4.69) is 10.1 Å². The summed E-state index contributed by atoms with van der Waals surface area (Å²) in [6.45, 7) is 1.95. The Bertz CT molecular complexity index is 447. The van der Waals surface area contributed by atoms with Crippen molar-refractivity contribution in [2.75, 3.05) is 0 Å². The number of aromatic nitrogens is 3. The van der Waals surface area contributed by atoms with Crippen molar-refractivity contribution in [1.82, 2.24) is 14.6 Å². The third-order valence-electron chi connectivity index (χ3n) is 1.79. The molecule has 0 aromatic carbocycles. The van der Waals surface area contributed by atoms with Gasteiger partial charge in [0.2, 0.25) is 0 Å². The highest BCUT2D eigenvalue weighted by Crippen LogP contribution is 2.04. The largest absolute Gasteiger partial charge is 0.303 e. The third-order valence-corrected chi connectivity index (χ3v) is 1.79. The number of rotatable bonds is 2. The van der Waals surface area contributed by atoms with Crippen molar-refractivity contribution >= 4 is 11.9 Å². The zero-order valence-electron chi connectivity index (χ0n) is 7.27. The Morgan fingerprint density at radius 1 is 1.62 bits per heavy atom. The van der Waals surface area contributed by atoms with Crippen LogP contribution in [-0.4, -0.2) is 20.9 Å². The Morgan fingerprint density at radius 3 is 3.23 bits per heavy atom. The normalized spacial score (nSPS) is 10.5. The van der Waals surface area contributed by atoms with E-state index in [9.17, 15) is 4.79 Å². The van der Waals surface area contributed by atoms with Crippen molar-refractivity contribution in [3.8, 4) is 0 Å². The average Bonchev–Trinajstić information content (AvgIpc) is 2.46. The maximum Gasteiger partial charge on any atom is 0.155 e. The first-order chi connectivity index (χ1) is 6.29. The van der Waals surface area contributed by atoms with E-state index in [1.165, 1.54) is 0 Å². The van der Waals surface area contributed by atoms with E-state index >= 15 is 0 Å². The molecule has 4 heteroatoms. The molecule has 0 fully saturated rings. The first-order valence-corrected chi connectivity index (χ1v) is 4.04. The van der Waals surface area contributed by atoms with Gasteiger partial charge in [-0.15, -0.1) is 0 Å². The highest BCUT2D eigenvalue weighted by atomic mass is 16.1. The minimum atomic E-state index is 0.350. The number of hydrogen-bond acceptors (Lipinski definition) is 3. The molecule has 0 amide bonds. The van der Waals surface area contributed by atoms with Gasteiger partial charge in [-0.05, 0) is 12.5 Å². The summed E-state index contributed by atoms with van der Waals surface area (Å²) in [6.07, 6.45) is 4.86. The lowest BCUT2D eigenvalue weighted by molar-refractivity contribution is -0.107. The second kappa shape index (κ2) is 2.97. The first-order valence-electron chi connectivity index (χ1n) is 4.04. The molecule has 0 N–H and O–H groups in total. The zero-order chi connectivity index (χ0) is 9.26. The second-order valence-electron chi connectivity index (χ2n) is 2.94. The van der Waals surface area contributed by atoms with E-state index in [4.69, 9.17) is 0 Å². The van der Waals surface area contributed by atoms with Crippen LogP contribution in [-0.2, 0) is 11.2 Å². The van der Waals surface area contributed by atoms with Crippen molar-refractivity contribution < 1.29 is 4.79 Å². The zero-order valence-corrected chi connectivity index (χ0v) is 7.27. The van der Waals surface area contributed by atoms with Crippen LogP contribution in [0.15, 0.2) is 18.5 Å². The number of aryl methyl sites for hydroxylation is 1. The molecule has 0 radical (unpaired) electrons. The molecule has 2 aromatic rings. The topological polar surface area (TPSA) is 47.3 Å². The van der Waals surface area contributed by atoms with Crippen LogP contribution in [0.25, 0.3) is 5.65 Å². The van der Waals surface area contributed by atoms with Gasteiger partial charge in [-0.1, -0.05) is 0 Å². The number of nitrogens with zero attached hydrogens (tertiary/aromatic N) is 3. The fraction of sp³-hybridized carbons (Fsp3) is 0.222. The molecule has 0 atom stereocenters. The summed E-state index contributed by atoms with van der Waals surface area (Å²) in [5.74, 6) is 0. The number of carbonyl (C=O) groups excluding carboxylic acids is 1. The van der Waals surface area contributed by atoms with Crippen LogP contribution in [0.4, 0.5) is 0 Å². The van der Waals surface area contributed by atoms with Crippen LogP contribution in [0, 0.1) is 6.92 Å². The maximum absolute atomic E-state index is 10.2. The van der Waals surface area contributed by atoms with Gasteiger partial charge in [0.15, 0.2) is 5.65 Å². The maximum atomic E-state index is 10.2. The number of fused-ring (bicyclic) bond motifs is 1. The van der Waals surface area contributed by atoms with Crippen molar-refractivity contribution in [3.05, 3.63) is 29.7 Å². The van der Waals surface area contributed by atoms with E-state index in [0.29, 0.717) is 6.42 Å². The highest BCUT2D eigenvalue weighted by molar-refractivity contribution is 5.55. The Morgan fingerprint density at radius 2 is 2.46 bits per heavy atom. The van der Waals surface area contributed by atoms with E-state index in [-0.39, 0.29) is 0 Å². The van der Waals surface area contributed by atoms with Gasteiger partial charge in [-0.2, -0.15) is 5.10 Å². The van der Waals surface area contributed by atoms with Crippen LogP contribution in [0.3, 0.4) is 0 Å². The molecule has 0 unspecified atom stereocenters. The molecule has 4 nitrogen and oxygen atoms in total. The smallest absolute Gasteiger partial charge is 0.155 e. The molecule has 2 aromatic heterocycles.